The van der Waals surface area contributed by atoms with E-state index in [2.05, 4.69) is 24.5 Å². The van der Waals surface area contributed by atoms with Crippen LogP contribution in [-0.4, -0.2) is 23.5 Å². The van der Waals surface area contributed by atoms with E-state index in [1.165, 1.54) is 0 Å². The van der Waals surface area contributed by atoms with Gasteiger partial charge >= 0.3 is 0 Å². The topological polar surface area (TPSA) is 79.9 Å². The Kier molecular flexibility index (Phi) is 4.17. The quantitative estimate of drug-likeness (QED) is 0.629. The Morgan fingerprint density at radius 3 is 2.64 bits per heavy atom. The number of carbonyl (C=O) groups excluding carboxylic acids is 2. The third kappa shape index (κ3) is 2.81. The van der Waals surface area contributed by atoms with E-state index in [0.29, 0.717) is 28.4 Å². The highest BCUT2D eigenvalue weighted by Crippen LogP contribution is 2.47. The smallest absolute Gasteiger partial charge is 0.276 e. The molecule has 0 unspecified atom stereocenters. The Hall–Kier alpha value is -4.00. The Balaban J connectivity index is 1.53. The van der Waals surface area contributed by atoms with Crippen LogP contribution >= 0.6 is 0 Å². The van der Waals surface area contributed by atoms with Gasteiger partial charge in [-0.25, -0.2) is 0 Å². The maximum absolute atomic E-state index is 13.8. The molecule has 0 bridgehead atoms. The Bertz CT molecular complexity index is 1320. The van der Waals surface area contributed by atoms with Crippen LogP contribution in [0.25, 0.3) is 0 Å². The van der Waals surface area contributed by atoms with Crippen molar-refractivity contribution in [3.8, 4) is 11.5 Å². The van der Waals surface area contributed by atoms with Gasteiger partial charge in [0.15, 0.2) is 11.5 Å². The van der Waals surface area contributed by atoms with Crippen molar-refractivity contribution in [3.63, 3.8) is 0 Å². The molecule has 2 N–H and O–H groups in total. The lowest BCUT2D eigenvalue weighted by Crippen LogP contribution is -2.60. The van der Waals surface area contributed by atoms with E-state index in [-0.39, 0.29) is 31.1 Å². The number of carbonyl (C=O) groups is 2. The average Bonchev–Trinajstić information content (AvgIpc) is 3.38. The third-order valence-corrected chi connectivity index (χ3v) is 6.58. The van der Waals surface area contributed by atoms with Crippen LogP contribution in [0.2, 0.25) is 0 Å². The summed E-state index contributed by atoms with van der Waals surface area (Å²) in [4.78, 5) is 29.1. The molecule has 0 aromatic heterocycles. The van der Waals surface area contributed by atoms with Gasteiger partial charge in [-0.15, -0.1) is 0 Å². The Morgan fingerprint density at radius 2 is 1.79 bits per heavy atom. The van der Waals surface area contributed by atoms with E-state index >= 15 is 0 Å². The van der Waals surface area contributed by atoms with Crippen LogP contribution in [0, 0.1) is 0 Å². The monoisotopic (exact) mass is 441 g/mol. The first-order valence-corrected chi connectivity index (χ1v) is 11.0. The van der Waals surface area contributed by atoms with Crippen LogP contribution in [0.1, 0.15) is 46.8 Å². The van der Waals surface area contributed by atoms with Crippen molar-refractivity contribution in [2.45, 2.75) is 32.0 Å². The predicted octanol–water partition coefficient (Wildman–Crippen LogP) is 4.41. The molecule has 33 heavy (non-hydrogen) atoms. The molecular formula is C26H23N3O4. The molecule has 0 saturated heterocycles. The third-order valence-electron chi connectivity index (χ3n) is 6.58. The first kappa shape index (κ1) is 19.7. The fourth-order valence-corrected chi connectivity index (χ4v) is 4.81. The van der Waals surface area contributed by atoms with Crippen molar-refractivity contribution in [2.75, 3.05) is 17.4 Å². The molecule has 0 aliphatic carbocycles. The number of benzene rings is 3. The molecule has 3 aliphatic rings. The summed E-state index contributed by atoms with van der Waals surface area (Å²) in [6.45, 7) is 4.61. The molecule has 1 spiro atoms. The SMILES string of the molecule is CC(C)c1ccc2c(c1)[C@]1(Nc3ccccc3C(=O)N1Cc1ccc3c(c1)OCO3)C(=O)N2. The van der Waals surface area contributed by atoms with Crippen LogP contribution in [0.4, 0.5) is 11.4 Å². The number of ether oxygens (including phenoxy) is 2. The summed E-state index contributed by atoms with van der Waals surface area (Å²) in [6.07, 6.45) is 0. The minimum absolute atomic E-state index is 0.175. The van der Waals surface area contributed by atoms with E-state index in [0.717, 1.165) is 16.7 Å². The summed E-state index contributed by atoms with van der Waals surface area (Å²) in [5, 5.41) is 6.43. The van der Waals surface area contributed by atoms with Gasteiger partial charge in [-0.1, -0.05) is 38.1 Å². The number of hydrogen-bond donors (Lipinski definition) is 2. The van der Waals surface area contributed by atoms with Crippen molar-refractivity contribution < 1.29 is 19.1 Å². The molecule has 2 amide bonds. The number of anilines is 2. The largest absolute Gasteiger partial charge is 0.454 e. The van der Waals surface area contributed by atoms with Crippen LogP contribution in [0.15, 0.2) is 60.7 Å². The van der Waals surface area contributed by atoms with Gasteiger partial charge in [0.05, 0.1) is 5.56 Å². The molecule has 7 nitrogen and oxygen atoms in total. The van der Waals surface area contributed by atoms with Crippen molar-refractivity contribution in [1.29, 1.82) is 0 Å². The highest BCUT2D eigenvalue weighted by atomic mass is 16.7. The number of para-hydroxylation sites is 1. The highest BCUT2D eigenvalue weighted by Gasteiger charge is 2.56. The van der Waals surface area contributed by atoms with Gasteiger partial charge in [0.1, 0.15) is 0 Å². The zero-order valence-electron chi connectivity index (χ0n) is 18.3. The second-order valence-electron chi connectivity index (χ2n) is 8.87. The van der Waals surface area contributed by atoms with Crippen molar-refractivity contribution >= 4 is 23.2 Å². The standard InChI is InChI=1S/C26H23N3O4/c1-15(2)17-8-9-21-19(12-17)26(25(31)27-21)28-20-6-4-3-5-18(20)24(30)29(26)13-16-7-10-22-23(11-16)33-14-32-22/h3-12,15,28H,13-14H2,1-2H3,(H,27,31)/t26-/m1/s1. The number of nitrogens with zero attached hydrogens (tertiary/aromatic N) is 1. The molecule has 6 rings (SSSR count). The first-order chi connectivity index (χ1) is 16.0. The fourth-order valence-electron chi connectivity index (χ4n) is 4.81. The van der Waals surface area contributed by atoms with Gasteiger partial charge in [-0.05, 0) is 53.4 Å². The minimum Gasteiger partial charge on any atom is -0.454 e. The zero-order valence-corrected chi connectivity index (χ0v) is 18.3. The van der Waals surface area contributed by atoms with Crippen LogP contribution < -0.4 is 20.1 Å². The number of hydrogen-bond acceptors (Lipinski definition) is 5. The highest BCUT2D eigenvalue weighted by molar-refractivity contribution is 6.14. The van der Waals surface area contributed by atoms with Crippen LogP contribution in [0.5, 0.6) is 11.5 Å². The molecule has 0 saturated carbocycles. The molecular weight excluding hydrogens is 418 g/mol. The predicted molar refractivity (Wildman–Crippen MR) is 123 cm³/mol. The number of fused-ring (bicyclic) bond motifs is 4. The summed E-state index contributed by atoms with van der Waals surface area (Å²) >= 11 is 0. The van der Waals surface area contributed by atoms with E-state index in [1.54, 1.807) is 11.0 Å². The summed E-state index contributed by atoms with van der Waals surface area (Å²) in [7, 11) is 0. The molecule has 0 fully saturated rings. The summed E-state index contributed by atoms with van der Waals surface area (Å²) < 4.78 is 11.0. The number of rotatable bonds is 3. The summed E-state index contributed by atoms with van der Waals surface area (Å²) in [5.41, 5.74) is 3.21. The first-order valence-electron chi connectivity index (χ1n) is 11.0. The van der Waals surface area contributed by atoms with E-state index < -0.39 is 5.66 Å². The van der Waals surface area contributed by atoms with Crippen LogP contribution in [0.3, 0.4) is 0 Å². The Labute approximate surface area is 191 Å². The van der Waals surface area contributed by atoms with Gasteiger partial charge in [-0.2, -0.15) is 0 Å². The molecule has 166 valence electrons. The molecule has 0 radical (unpaired) electrons. The van der Waals surface area contributed by atoms with Crippen molar-refractivity contribution in [2.24, 2.45) is 0 Å². The van der Waals surface area contributed by atoms with Crippen molar-refractivity contribution in [1.82, 2.24) is 4.90 Å². The Morgan fingerprint density at radius 1 is 0.970 bits per heavy atom. The average molecular weight is 441 g/mol. The normalized spacial score (nSPS) is 20.0. The lowest BCUT2D eigenvalue weighted by atomic mass is 9.89. The summed E-state index contributed by atoms with van der Waals surface area (Å²) in [6, 6.07) is 18.9. The molecule has 3 aliphatic heterocycles. The molecule has 3 aromatic rings. The van der Waals surface area contributed by atoms with Gasteiger partial charge in [0, 0.05) is 23.5 Å². The molecule has 1 atom stereocenters. The second-order valence-corrected chi connectivity index (χ2v) is 8.87. The van der Waals surface area contributed by atoms with Gasteiger partial charge in [-0.3, -0.25) is 14.5 Å². The lowest BCUT2D eigenvalue weighted by Gasteiger charge is -2.44. The van der Waals surface area contributed by atoms with Crippen molar-refractivity contribution in [3.05, 3.63) is 82.9 Å². The zero-order chi connectivity index (χ0) is 22.7. The lowest BCUT2D eigenvalue weighted by molar-refractivity contribution is -0.125. The van der Waals surface area contributed by atoms with Gasteiger partial charge < -0.3 is 20.1 Å². The van der Waals surface area contributed by atoms with E-state index in [4.69, 9.17) is 9.47 Å². The molecule has 3 aromatic carbocycles. The van der Waals surface area contributed by atoms with Gasteiger partial charge in [0.2, 0.25) is 12.5 Å². The summed E-state index contributed by atoms with van der Waals surface area (Å²) in [5.74, 6) is 1.10. The van der Waals surface area contributed by atoms with Crippen LogP contribution in [-0.2, 0) is 17.0 Å². The maximum atomic E-state index is 13.8. The maximum Gasteiger partial charge on any atom is 0.276 e. The van der Waals surface area contributed by atoms with E-state index in [1.807, 2.05) is 54.6 Å². The molecule has 3 heterocycles. The minimum atomic E-state index is -1.36. The molecule has 7 heteroatoms. The second kappa shape index (κ2) is 7.00. The number of nitrogens with one attached hydrogen (secondary N) is 2. The van der Waals surface area contributed by atoms with E-state index in [9.17, 15) is 9.59 Å². The number of amides is 2. The fraction of sp³-hybridized carbons (Fsp3) is 0.231. The van der Waals surface area contributed by atoms with Gasteiger partial charge in [0.25, 0.3) is 11.8 Å².